The summed E-state index contributed by atoms with van der Waals surface area (Å²) in [5, 5.41) is 83.3. The lowest BCUT2D eigenvalue weighted by atomic mass is 10.3. The quantitative estimate of drug-likeness (QED) is 0.120. The van der Waals surface area contributed by atoms with Crippen LogP contribution in [0.5, 0.6) is 0 Å². The maximum Gasteiger partial charge on any atom is 0.674 e. The number of halogens is 6. The molecule has 0 aliphatic carbocycles. The van der Waals surface area contributed by atoms with Gasteiger partial charge in [-0.05, 0) is 6.92 Å². The van der Waals surface area contributed by atoms with Crippen LogP contribution in [0.4, 0.5) is 25.9 Å². The lowest BCUT2D eigenvalue weighted by Gasteiger charge is -2.14. The zero-order valence-corrected chi connectivity index (χ0v) is 16.6. The highest BCUT2D eigenvalue weighted by atomic mass is 19.1. The first-order chi connectivity index (χ1) is 14.2. The number of nitrogens with zero attached hydrogens (tertiary/aromatic N) is 2. The second-order valence-corrected chi connectivity index (χ2v) is 3.97. The van der Waals surface area contributed by atoms with Gasteiger partial charge in [0.05, 0.1) is 6.67 Å². The highest BCUT2D eigenvalue weighted by molar-refractivity contribution is 6.32. The normalized spacial score (nSPS) is 9.62. The van der Waals surface area contributed by atoms with Gasteiger partial charge in [0.15, 0.2) is 0 Å². The lowest BCUT2D eigenvalue weighted by molar-refractivity contribution is 0.308. The first-order valence-electron chi connectivity index (χ1n) is 7.36. The molecule has 1 heterocycles. The van der Waals surface area contributed by atoms with Crippen LogP contribution < -0.4 is 0 Å². The summed E-state index contributed by atoms with van der Waals surface area (Å²) in [5.74, 6) is 0. The second kappa shape index (κ2) is 34.4. The van der Waals surface area contributed by atoms with Gasteiger partial charge >= 0.3 is 44.4 Å². The first-order valence-corrected chi connectivity index (χ1v) is 7.36. The van der Waals surface area contributed by atoms with E-state index in [0.29, 0.717) is 0 Å². The Hall–Kier alpha value is -1.17. The van der Waals surface area contributed by atoms with Crippen molar-refractivity contribution in [2.45, 2.75) is 6.92 Å². The van der Waals surface area contributed by atoms with Crippen molar-refractivity contribution in [2.24, 2.45) is 0 Å². The average molecular weight is 495 g/mol. The molecule has 0 fully saturated rings. The molecule has 26 heteroatoms. The highest BCUT2D eigenvalue weighted by Crippen LogP contribution is 2.00. The maximum absolute atomic E-state index is 10.1. The third kappa shape index (κ3) is 231. The van der Waals surface area contributed by atoms with Crippen LogP contribution in [0.3, 0.4) is 0 Å². The minimum atomic E-state index is -2.67. The van der Waals surface area contributed by atoms with Crippen LogP contribution in [0.1, 0.15) is 6.92 Å². The van der Waals surface area contributed by atoms with Gasteiger partial charge in [-0.2, -0.15) is 0 Å². The van der Waals surface area contributed by atoms with Gasteiger partial charge in [0.2, 0.25) is 0 Å². The molecule has 0 atom stereocenters. The zero-order valence-electron chi connectivity index (χ0n) is 16.6. The first kappa shape index (κ1) is 44.5. The molecular formula is C6H24B6F6N2O12. The van der Waals surface area contributed by atoms with Crippen LogP contribution in [0.2, 0.25) is 0 Å². The third-order valence-corrected chi connectivity index (χ3v) is 1.34. The topological polar surface area (TPSA) is 249 Å². The van der Waals surface area contributed by atoms with Gasteiger partial charge in [-0.1, -0.05) is 0 Å². The molecular weight excluding hydrogens is 471 g/mol. The number of rotatable bonds is 1. The Morgan fingerprint density at radius 3 is 0.812 bits per heavy atom. The van der Waals surface area contributed by atoms with Crippen molar-refractivity contribution in [3.63, 3.8) is 0 Å². The van der Waals surface area contributed by atoms with E-state index in [-0.39, 0.29) is 0 Å². The van der Waals surface area contributed by atoms with E-state index in [2.05, 4.69) is 36.2 Å². The summed E-state index contributed by atoms with van der Waals surface area (Å²) in [6, 6.07) is 0. The summed E-state index contributed by atoms with van der Waals surface area (Å²) >= 11 is 0. The number of hydrogen-bond donors (Lipinski definition) is 12. The molecule has 1 rings (SSSR count). The van der Waals surface area contributed by atoms with E-state index in [0.717, 1.165) is 13.2 Å². The van der Waals surface area contributed by atoms with E-state index < -0.39 is 44.4 Å². The molecule has 0 radical (unpaired) electrons. The number of hydrogen-bond acceptors (Lipinski definition) is 14. The molecule has 0 aromatic rings. The fraction of sp³-hybridized carbons (Fsp3) is 0.667. The van der Waals surface area contributed by atoms with Crippen LogP contribution in [-0.2, 0) is 0 Å². The van der Waals surface area contributed by atoms with Crippen LogP contribution in [0.25, 0.3) is 0 Å². The van der Waals surface area contributed by atoms with Gasteiger partial charge in [-0.25, -0.2) is 0 Å². The van der Waals surface area contributed by atoms with Gasteiger partial charge < -0.3 is 70.1 Å². The Kier molecular flexibility index (Phi) is 47.9. The molecule has 0 saturated heterocycles. The zero-order chi connectivity index (χ0) is 27.4. The predicted octanol–water partition coefficient (Wildman–Crippen LogP) is -5.77. The van der Waals surface area contributed by atoms with E-state index in [4.69, 9.17) is 60.3 Å². The molecule has 0 bridgehead atoms. The Bertz CT molecular complexity index is 297. The fourth-order valence-corrected chi connectivity index (χ4v) is 0.794. The standard InChI is InChI=1S/C6H12N2.6BFH2O2/c1-3-8-5-4-7(2)6-8;6*2-1(3)4/h4-5H,3,6H2,1-2H3;6*3-4H. The molecule has 32 heavy (non-hydrogen) atoms. The van der Waals surface area contributed by atoms with Crippen molar-refractivity contribution in [1.29, 1.82) is 0 Å². The van der Waals surface area contributed by atoms with Crippen LogP contribution in [0.15, 0.2) is 12.4 Å². The summed E-state index contributed by atoms with van der Waals surface area (Å²) in [5.41, 5.74) is 0. The van der Waals surface area contributed by atoms with Gasteiger partial charge in [0.25, 0.3) is 0 Å². The molecule has 14 nitrogen and oxygen atoms in total. The monoisotopic (exact) mass is 496 g/mol. The molecule has 0 spiro atoms. The van der Waals surface area contributed by atoms with Gasteiger partial charge in [-0.15, -0.1) is 0 Å². The van der Waals surface area contributed by atoms with E-state index in [1.807, 2.05) is 0 Å². The van der Waals surface area contributed by atoms with Crippen molar-refractivity contribution < 1.29 is 86.2 Å². The lowest BCUT2D eigenvalue weighted by Crippen LogP contribution is -2.21. The van der Waals surface area contributed by atoms with Crippen molar-refractivity contribution in [3.05, 3.63) is 12.4 Å². The summed E-state index contributed by atoms with van der Waals surface area (Å²) in [4.78, 5) is 4.41. The van der Waals surface area contributed by atoms with Crippen molar-refractivity contribution >= 4 is 44.4 Å². The van der Waals surface area contributed by atoms with E-state index in [1.54, 1.807) is 0 Å². The van der Waals surface area contributed by atoms with Crippen molar-refractivity contribution in [1.82, 2.24) is 9.80 Å². The third-order valence-electron chi connectivity index (χ3n) is 1.34. The molecule has 0 aromatic carbocycles. The Balaban J connectivity index is -0.0000000635. The Morgan fingerprint density at radius 1 is 0.562 bits per heavy atom. The summed E-state index contributed by atoms with van der Waals surface area (Å²) in [6.07, 6.45) is 4.20. The van der Waals surface area contributed by atoms with Crippen LogP contribution >= 0.6 is 0 Å². The SMILES string of the molecule is CCN1C=CN(C)C1.OB(O)F.OB(O)F.OB(O)F.OB(O)F.OB(O)F.OB(O)F. The van der Waals surface area contributed by atoms with Crippen molar-refractivity contribution in [2.75, 3.05) is 20.3 Å². The van der Waals surface area contributed by atoms with Gasteiger partial charge in [0, 0.05) is 26.0 Å². The maximum atomic E-state index is 10.1. The van der Waals surface area contributed by atoms with E-state index in [1.165, 1.54) is 0 Å². The molecule has 0 amide bonds. The van der Waals surface area contributed by atoms with E-state index >= 15 is 0 Å². The van der Waals surface area contributed by atoms with Crippen molar-refractivity contribution in [3.8, 4) is 0 Å². The predicted molar refractivity (Wildman–Crippen MR) is 102 cm³/mol. The molecule has 0 unspecified atom stereocenters. The fourth-order valence-electron chi connectivity index (χ4n) is 0.794. The molecule has 12 N–H and O–H groups in total. The smallest absolute Gasteiger partial charge is 0.398 e. The Labute approximate surface area is 181 Å². The highest BCUT2D eigenvalue weighted by Gasteiger charge is 2.03. The molecule has 190 valence electrons. The average Bonchev–Trinajstić information content (AvgIpc) is 2.89. The second-order valence-electron chi connectivity index (χ2n) is 3.97. The van der Waals surface area contributed by atoms with Crippen LogP contribution in [-0.4, -0.2) is 135 Å². The summed E-state index contributed by atoms with van der Waals surface area (Å²) < 4.78 is 60.7. The molecule has 0 aromatic heterocycles. The summed E-state index contributed by atoms with van der Waals surface area (Å²) in [7, 11) is -13.9. The van der Waals surface area contributed by atoms with Gasteiger partial charge in [0.1, 0.15) is 0 Å². The van der Waals surface area contributed by atoms with E-state index in [9.17, 15) is 25.9 Å². The molecule has 0 saturated carbocycles. The Morgan fingerprint density at radius 2 is 0.750 bits per heavy atom. The van der Waals surface area contributed by atoms with Gasteiger partial charge in [-0.3, -0.25) is 25.9 Å². The minimum Gasteiger partial charge on any atom is -0.398 e. The van der Waals surface area contributed by atoms with Crippen LogP contribution in [0, 0.1) is 0 Å². The molecule has 1 aliphatic rings. The minimum absolute atomic E-state index is 1.05. The summed E-state index contributed by atoms with van der Waals surface area (Å²) in [6.45, 7) is 4.32. The largest absolute Gasteiger partial charge is 0.674 e. The molecule has 1 aliphatic heterocycles.